The highest BCUT2D eigenvalue weighted by Crippen LogP contribution is 2.18. The molecule has 0 atom stereocenters. The van der Waals surface area contributed by atoms with E-state index < -0.39 is 0 Å². The van der Waals surface area contributed by atoms with Crippen molar-refractivity contribution in [2.75, 3.05) is 17.7 Å². The van der Waals surface area contributed by atoms with Crippen molar-refractivity contribution in [3.63, 3.8) is 0 Å². The maximum Gasteiger partial charge on any atom is 0.228 e. The van der Waals surface area contributed by atoms with Crippen molar-refractivity contribution in [2.45, 2.75) is 13.3 Å². The Morgan fingerprint density at radius 3 is 2.75 bits per heavy atom. The molecule has 4 nitrogen and oxygen atoms in total. The molecule has 4 heteroatoms. The molecule has 0 aliphatic carbocycles. The van der Waals surface area contributed by atoms with Gasteiger partial charge in [-0.25, -0.2) is 0 Å². The van der Waals surface area contributed by atoms with Crippen molar-refractivity contribution >= 4 is 17.3 Å². The number of anilines is 2. The number of ether oxygens (including phenoxy) is 1. The van der Waals surface area contributed by atoms with E-state index in [1.54, 1.807) is 12.1 Å². The van der Waals surface area contributed by atoms with Crippen LogP contribution in [-0.4, -0.2) is 12.5 Å². The quantitative estimate of drug-likeness (QED) is 0.821. The summed E-state index contributed by atoms with van der Waals surface area (Å²) in [4.78, 5) is 12.0. The molecule has 0 saturated carbocycles. The number of para-hydroxylation sites is 1. The summed E-state index contributed by atoms with van der Waals surface area (Å²) in [6.45, 7) is 2.52. The fourth-order valence-corrected chi connectivity index (χ4v) is 1.90. The van der Waals surface area contributed by atoms with Gasteiger partial charge in [0.25, 0.3) is 0 Å². The van der Waals surface area contributed by atoms with E-state index in [1.165, 1.54) is 0 Å². The van der Waals surface area contributed by atoms with Crippen LogP contribution in [0.4, 0.5) is 11.4 Å². The van der Waals surface area contributed by atoms with Gasteiger partial charge in [-0.3, -0.25) is 4.79 Å². The second-order valence-electron chi connectivity index (χ2n) is 4.38. The number of hydrogen-bond donors (Lipinski definition) is 2. The van der Waals surface area contributed by atoms with E-state index in [4.69, 9.17) is 10.5 Å². The Bertz CT molecular complexity index is 597. The Labute approximate surface area is 118 Å². The second-order valence-corrected chi connectivity index (χ2v) is 4.38. The summed E-state index contributed by atoms with van der Waals surface area (Å²) in [6.07, 6.45) is 0.255. The van der Waals surface area contributed by atoms with E-state index >= 15 is 0 Å². The smallest absolute Gasteiger partial charge is 0.228 e. The molecule has 0 heterocycles. The van der Waals surface area contributed by atoms with E-state index in [0.717, 1.165) is 17.0 Å². The van der Waals surface area contributed by atoms with E-state index in [0.29, 0.717) is 12.3 Å². The van der Waals surface area contributed by atoms with Gasteiger partial charge in [0.2, 0.25) is 5.91 Å². The van der Waals surface area contributed by atoms with Crippen molar-refractivity contribution in [1.82, 2.24) is 0 Å². The van der Waals surface area contributed by atoms with Crippen LogP contribution in [-0.2, 0) is 11.2 Å². The topological polar surface area (TPSA) is 64.3 Å². The zero-order chi connectivity index (χ0) is 14.4. The summed E-state index contributed by atoms with van der Waals surface area (Å²) in [6, 6.07) is 14.7. The minimum atomic E-state index is -0.100. The number of hydrogen-bond acceptors (Lipinski definition) is 3. The molecule has 0 spiro atoms. The van der Waals surface area contributed by atoms with Crippen molar-refractivity contribution < 1.29 is 9.53 Å². The lowest BCUT2D eigenvalue weighted by Gasteiger charge is -2.09. The molecule has 0 bridgehead atoms. The van der Waals surface area contributed by atoms with Gasteiger partial charge in [-0.05, 0) is 30.7 Å². The Morgan fingerprint density at radius 2 is 2.00 bits per heavy atom. The number of nitrogens with two attached hydrogens (primary N) is 1. The molecule has 2 aromatic rings. The van der Waals surface area contributed by atoms with Crippen molar-refractivity contribution in [2.24, 2.45) is 0 Å². The van der Waals surface area contributed by atoms with Crippen LogP contribution in [0, 0.1) is 0 Å². The number of carbonyl (C=O) groups is 1. The second kappa shape index (κ2) is 6.61. The van der Waals surface area contributed by atoms with Gasteiger partial charge in [-0.15, -0.1) is 0 Å². The van der Waals surface area contributed by atoms with Crippen LogP contribution >= 0.6 is 0 Å². The highest BCUT2D eigenvalue weighted by atomic mass is 16.5. The monoisotopic (exact) mass is 270 g/mol. The molecule has 3 N–H and O–H groups in total. The molecular weight excluding hydrogens is 252 g/mol. The predicted molar refractivity (Wildman–Crippen MR) is 80.8 cm³/mol. The number of rotatable bonds is 5. The van der Waals surface area contributed by atoms with Crippen molar-refractivity contribution in [1.29, 1.82) is 0 Å². The Kier molecular flexibility index (Phi) is 4.60. The third-order valence-corrected chi connectivity index (χ3v) is 2.83. The lowest BCUT2D eigenvalue weighted by Crippen LogP contribution is -2.15. The van der Waals surface area contributed by atoms with Gasteiger partial charge in [-0.2, -0.15) is 0 Å². The zero-order valence-electron chi connectivity index (χ0n) is 11.4. The Balaban J connectivity index is 2.01. The lowest BCUT2D eigenvalue weighted by molar-refractivity contribution is -0.115. The first-order chi connectivity index (χ1) is 9.69. The van der Waals surface area contributed by atoms with Gasteiger partial charge in [-0.1, -0.05) is 24.3 Å². The zero-order valence-corrected chi connectivity index (χ0v) is 11.4. The predicted octanol–water partition coefficient (Wildman–Crippen LogP) is 2.85. The molecule has 2 rings (SSSR count). The third-order valence-electron chi connectivity index (χ3n) is 2.83. The maximum absolute atomic E-state index is 12.0. The highest BCUT2D eigenvalue weighted by Gasteiger charge is 2.07. The van der Waals surface area contributed by atoms with Gasteiger partial charge in [0.15, 0.2) is 0 Å². The molecular formula is C16H18N2O2. The average molecular weight is 270 g/mol. The summed E-state index contributed by atoms with van der Waals surface area (Å²) in [5, 5.41) is 2.84. The minimum absolute atomic E-state index is 0.100. The van der Waals surface area contributed by atoms with Crippen LogP contribution in [0.25, 0.3) is 0 Å². The molecule has 1 amide bonds. The molecule has 0 aliphatic heterocycles. The van der Waals surface area contributed by atoms with Gasteiger partial charge in [0.05, 0.1) is 13.0 Å². The molecule has 20 heavy (non-hydrogen) atoms. The molecule has 0 saturated heterocycles. The summed E-state index contributed by atoms with van der Waals surface area (Å²) in [7, 11) is 0. The largest absolute Gasteiger partial charge is 0.494 e. The van der Waals surface area contributed by atoms with Gasteiger partial charge in [0, 0.05) is 17.4 Å². The number of amides is 1. The first-order valence-corrected chi connectivity index (χ1v) is 6.55. The fourth-order valence-electron chi connectivity index (χ4n) is 1.90. The van der Waals surface area contributed by atoms with Crippen LogP contribution < -0.4 is 15.8 Å². The minimum Gasteiger partial charge on any atom is -0.494 e. The van der Waals surface area contributed by atoms with Crippen molar-refractivity contribution in [3.05, 3.63) is 54.1 Å². The molecule has 0 unspecified atom stereocenters. The molecule has 2 aromatic carbocycles. The fraction of sp³-hybridized carbons (Fsp3) is 0.188. The van der Waals surface area contributed by atoms with E-state index in [9.17, 15) is 4.79 Å². The summed E-state index contributed by atoms with van der Waals surface area (Å²) < 4.78 is 5.39. The van der Waals surface area contributed by atoms with E-state index in [2.05, 4.69) is 5.32 Å². The third kappa shape index (κ3) is 3.75. The first kappa shape index (κ1) is 13.9. The van der Waals surface area contributed by atoms with Gasteiger partial charge < -0.3 is 15.8 Å². The lowest BCUT2D eigenvalue weighted by atomic mass is 10.1. The molecule has 0 aromatic heterocycles. The van der Waals surface area contributed by atoms with Crippen LogP contribution in [0.2, 0.25) is 0 Å². The normalized spacial score (nSPS) is 10.1. The maximum atomic E-state index is 12.0. The van der Waals surface area contributed by atoms with Crippen LogP contribution in [0.3, 0.4) is 0 Å². The van der Waals surface area contributed by atoms with E-state index in [1.807, 2.05) is 43.3 Å². The number of nitrogens with one attached hydrogen (secondary N) is 1. The summed E-state index contributed by atoms with van der Waals surface area (Å²) in [5.41, 5.74) is 8.00. The van der Waals surface area contributed by atoms with Crippen molar-refractivity contribution in [3.8, 4) is 5.75 Å². The van der Waals surface area contributed by atoms with Gasteiger partial charge >= 0.3 is 0 Å². The van der Waals surface area contributed by atoms with Crippen LogP contribution in [0.1, 0.15) is 12.5 Å². The highest BCUT2D eigenvalue weighted by molar-refractivity contribution is 5.93. The standard InChI is InChI=1S/C16H18N2O2/c1-2-20-14-8-5-7-13(11-14)18-16(19)10-12-6-3-4-9-15(12)17/h3-9,11H,2,10,17H2,1H3,(H,18,19). The Morgan fingerprint density at radius 1 is 1.20 bits per heavy atom. The molecule has 0 fully saturated rings. The van der Waals surface area contributed by atoms with Crippen LogP contribution in [0.15, 0.2) is 48.5 Å². The molecule has 0 aliphatic rings. The van der Waals surface area contributed by atoms with E-state index in [-0.39, 0.29) is 12.3 Å². The SMILES string of the molecule is CCOc1cccc(NC(=O)Cc2ccccc2N)c1. The molecule has 0 radical (unpaired) electrons. The van der Waals surface area contributed by atoms with Gasteiger partial charge in [0.1, 0.15) is 5.75 Å². The van der Waals surface area contributed by atoms with Crippen LogP contribution in [0.5, 0.6) is 5.75 Å². The molecule has 104 valence electrons. The first-order valence-electron chi connectivity index (χ1n) is 6.55. The number of benzene rings is 2. The Hall–Kier alpha value is -2.49. The summed E-state index contributed by atoms with van der Waals surface area (Å²) >= 11 is 0. The number of nitrogen functional groups attached to an aromatic ring is 1. The number of carbonyl (C=O) groups excluding carboxylic acids is 1. The summed E-state index contributed by atoms with van der Waals surface area (Å²) in [5.74, 6) is 0.640. The average Bonchev–Trinajstić information content (AvgIpc) is 2.42.